The molecule has 8 nitrogen and oxygen atoms in total. The smallest absolute Gasteiger partial charge is 0.276 e. The molecule has 24 heavy (non-hydrogen) atoms. The highest BCUT2D eigenvalue weighted by atomic mass is 16.5. The number of hydrogen-bond acceptors (Lipinski definition) is 7. The molecule has 0 saturated carbocycles. The van der Waals surface area contributed by atoms with Gasteiger partial charge in [0.25, 0.3) is 5.91 Å². The molecule has 8 heteroatoms. The van der Waals surface area contributed by atoms with Crippen LogP contribution >= 0.6 is 0 Å². The molecule has 0 aliphatic heterocycles. The predicted molar refractivity (Wildman–Crippen MR) is 85.7 cm³/mol. The summed E-state index contributed by atoms with van der Waals surface area (Å²) in [5.74, 6) is 1.23. The third-order valence-corrected chi connectivity index (χ3v) is 3.05. The zero-order valence-corrected chi connectivity index (χ0v) is 12.6. The number of nitrogens with zero attached hydrogens (tertiary/aromatic N) is 4. The number of carbonyl (C=O) groups is 1. The number of anilines is 3. The van der Waals surface area contributed by atoms with Crippen LogP contribution in [0.1, 0.15) is 21.8 Å². The van der Waals surface area contributed by atoms with Gasteiger partial charge in [0.1, 0.15) is 5.76 Å². The Hall–Kier alpha value is -3.73. The quantitative estimate of drug-likeness (QED) is 0.758. The van der Waals surface area contributed by atoms with Gasteiger partial charge in [-0.1, -0.05) is 5.16 Å². The summed E-state index contributed by atoms with van der Waals surface area (Å²) < 4.78 is 4.94. The van der Waals surface area contributed by atoms with Crippen molar-refractivity contribution in [3.8, 4) is 6.07 Å². The molecule has 0 radical (unpaired) electrons. The zero-order valence-electron chi connectivity index (χ0n) is 12.6. The van der Waals surface area contributed by atoms with Crippen molar-refractivity contribution in [2.24, 2.45) is 0 Å². The van der Waals surface area contributed by atoms with Gasteiger partial charge in [0.2, 0.25) is 0 Å². The number of nitriles is 1. The highest BCUT2D eigenvalue weighted by molar-refractivity contribution is 6.02. The topological polar surface area (TPSA) is 117 Å². The maximum Gasteiger partial charge on any atom is 0.276 e. The van der Waals surface area contributed by atoms with E-state index in [0.29, 0.717) is 28.6 Å². The van der Waals surface area contributed by atoms with Gasteiger partial charge in [-0.2, -0.15) is 5.26 Å². The lowest BCUT2D eigenvalue weighted by atomic mass is 10.2. The van der Waals surface area contributed by atoms with Crippen LogP contribution in [0.2, 0.25) is 0 Å². The van der Waals surface area contributed by atoms with E-state index in [-0.39, 0.29) is 5.69 Å². The van der Waals surface area contributed by atoms with E-state index < -0.39 is 5.91 Å². The molecule has 3 rings (SSSR count). The Morgan fingerprint density at radius 3 is 2.50 bits per heavy atom. The lowest BCUT2D eigenvalue weighted by Gasteiger charge is -2.05. The number of hydrogen-bond donors (Lipinski definition) is 2. The van der Waals surface area contributed by atoms with E-state index in [2.05, 4.69) is 26.0 Å². The van der Waals surface area contributed by atoms with Crippen LogP contribution in [0.15, 0.2) is 47.0 Å². The average Bonchev–Trinajstić information content (AvgIpc) is 3.01. The Balaban J connectivity index is 1.65. The molecular weight excluding hydrogens is 308 g/mol. The van der Waals surface area contributed by atoms with Crippen molar-refractivity contribution in [2.75, 3.05) is 10.6 Å². The van der Waals surface area contributed by atoms with Crippen molar-refractivity contribution in [2.45, 2.75) is 6.92 Å². The van der Waals surface area contributed by atoms with Crippen molar-refractivity contribution < 1.29 is 9.32 Å². The van der Waals surface area contributed by atoms with E-state index in [0.717, 1.165) is 0 Å². The number of rotatable bonds is 4. The molecule has 0 fully saturated rings. The van der Waals surface area contributed by atoms with Crippen LogP contribution in [-0.4, -0.2) is 21.3 Å². The first-order valence-corrected chi connectivity index (χ1v) is 6.99. The molecule has 1 aromatic carbocycles. The van der Waals surface area contributed by atoms with Gasteiger partial charge in [0.05, 0.1) is 11.6 Å². The number of nitrogens with one attached hydrogen (secondary N) is 2. The fourth-order valence-electron chi connectivity index (χ4n) is 1.90. The largest absolute Gasteiger partial charge is 0.360 e. The normalized spacial score (nSPS) is 10.0. The van der Waals surface area contributed by atoms with E-state index >= 15 is 0 Å². The Kier molecular flexibility index (Phi) is 4.16. The Morgan fingerprint density at radius 1 is 1.12 bits per heavy atom. The number of benzene rings is 1. The van der Waals surface area contributed by atoms with E-state index in [4.69, 9.17) is 9.78 Å². The summed E-state index contributed by atoms with van der Waals surface area (Å²) >= 11 is 0. The van der Waals surface area contributed by atoms with Gasteiger partial charge in [0, 0.05) is 11.8 Å². The highest BCUT2D eigenvalue weighted by Crippen LogP contribution is 2.14. The Morgan fingerprint density at radius 2 is 1.92 bits per heavy atom. The summed E-state index contributed by atoms with van der Waals surface area (Å²) in [6, 6.07) is 13.4. The third kappa shape index (κ3) is 3.53. The molecule has 1 amide bonds. The van der Waals surface area contributed by atoms with Crippen LogP contribution in [0.3, 0.4) is 0 Å². The minimum atomic E-state index is -0.393. The molecule has 0 unspecified atom stereocenters. The van der Waals surface area contributed by atoms with Gasteiger partial charge in [-0.15, -0.1) is 10.2 Å². The fraction of sp³-hybridized carbons (Fsp3) is 0.0625. The third-order valence-electron chi connectivity index (χ3n) is 3.05. The zero-order chi connectivity index (χ0) is 16.9. The van der Waals surface area contributed by atoms with Crippen LogP contribution in [-0.2, 0) is 0 Å². The Bertz CT molecular complexity index is 894. The van der Waals surface area contributed by atoms with E-state index in [1.807, 2.05) is 6.07 Å². The lowest BCUT2D eigenvalue weighted by molar-refractivity contribution is 0.102. The second-order valence-corrected chi connectivity index (χ2v) is 4.89. The second-order valence-electron chi connectivity index (χ2n) is 4.89. The van der Waals surface area contributed by atoms with Crippen LogP contribution in [0, 0.1) is 18.3 Å². The number of amides is 1. The average molecular weight is 320 g/mol. The molecule has 0 saturated heterocycles. The van der Waals surface area contributed by atoms with Crippen LogP contribution in [0.25, 0.3) is 0 Å². The van der Waals surface area contributed by atoms with E-state index in [1.165, 1.54) is 0 Å². The molecule has 0 atom stereocenters. The van der Waals surface area contributed by atoms with Crippen molar-refractivity contribution in [3.63, 3.8) is 0 Å². The molecule has 2 aromatic heterocycles. The summed E-state index contributed by atoms with van der Waals surface area (Å²) in [6.45, 7) is 1.78. The standard InChI is InChI=1S/C16H12N6O2/c1-10-8-15(22-24-10)19-14-7-6-13(20-21-14)16(23)18-12-4-2-11(9-17)3-5-12/h2-8H,1H3,(H,18,23)(H,19,21,22). The van der Waals surface area contributed by atoms with Gasteiger partial charge < -0.3 is 15.2 Å². The fourth-order valence-corrected chi connectivity index (χ4v) is 1.90. The minimum Gasteiger partial charge on any atom is -0.360 e. The van der Waals surface area contributed by atoms with Crippen molar-refractivity contribution in [3.05, 3.63) is 59.5 Å². The molecule has 0 aliphatic carbocycles. The second kappa shape index (κ2) is 6.58. The van der Waals surface area contributed by atoms with Gasteiger partial charge in [-0.25, -0.2) is 0 Å². The monoisotopic (exact) mass is 320 g/mol. The summed E-state index contributed by atoms with van der Waals surface area (Å²) in [7, 11) is 0. The first-order valence-electron chi connectivity index (χ1n) is 6.99. The summed E-state index contributed by atoms with van der Waals surface area (Å²) in [5, 5.41) is 25.9. The van der Waals surface area contributed by atoms with Crippen LogP contribution in [0.5, 0.6) is 0 Å². The number of carbonyl (C=O) groups excluding carboxylic acids is 1. The van der Waals surface area contributed by atoms with Crippen LogP contribution in [0.4, 0.5) is 17.3 Å². The van der Waals surface area contributed by atoms with Gasteiger partial charge in [0.15, 0.2) is 17.3 Å². The minimum absolute atomic E-state index is 0.168. The molecule has 2 heterocycles. The maximum absolute atomic E-state index is 12.1. The van der Waals surface area contributed by atoms with Crippen molar-refractivity contribution >= 4 is 23.2 Å². The molecule has 0 aliphatic rings. The Labute approximate surface area is 137 Å². The predicted octanol–water partition coefficient (Wildman–Crippen LogP) is 2.64. The molecule has 0 spiro atoms. The summed E-state index contributed by atoms with van der Waals surface area (Å²) in [6.07, 6.45) is 0. The van der Waals surface area contributed by atoms with Gasteiger partial charge in [-0.05, 0) is 43.3 Å². The highest BCUT2D eigenvalue weighted by Gasteiger charge is 2.09. The van der Waals surface area contributed by atoms with E-state index in [9.17, 15) is 4.79 Å². The maximum atomic E-state index is 12.1. The van der Waals surface area contributed by atoms with Crippen molar-refractivity contribution in [1.29, 1.82) is 5.26 Å². The first kappa shape index (κ1) is 15.2. The molecule has 2 N–H and O–H groups in total. The summed E-state index contributed by atoms with van der Waals surface area (Å²) in [4.78, 5) is 12.1. The molecule has 3 aromatic rings. The molecule has 118 valence electrons. The van der Waals surface area contributed by atoms with Gasteiger partial charge >= 0.3 is 0 Å². The van der Waals surface area contributed by atoms with E-state index in [1.54, 1.807) is 49.4 Å². The van der Waals surface area contributed by atoms with Crippen molar-refractivity contribution in [1.82, 2.24) is 15.4 Å². The number of aryl methyl sites for hydroxylation is 1. The number of aromatic nitrogens is 3. The summed E-state index contributed by atoms with van der Waals surface area (Å²) in [5.41, 5.74) is 1.26. The van der Waals surface area contributed by atoms with Gasteiger partial charge in [-0.3, -0.25) is 4.79 Å². The molecule has 0 bridgehead atoms. The molecular formula is C16H12N6O2. The first-order chi connectivity index (χ1) is 11.6. The lowest BCUT2D eigenvalue weighted by Crippen LogP contribution is -2.14. The van der Waals surface area contributed by atoms with Crippen LogP contribution < -0.4 is 10.6 Å². The SMILES string of the molecule is Cc1cc(Nc2ccc(C(=O)Nc3ccc(C#N)cc3)nn2)no1.